The minimum Gasteiger partial charge on any atom is -0.467 e. The highest BCUT2D eigenvalue weighted by atomic mass is 127. The van der Waals surface area contributed by atoms with E-state index in [4.69, 9.17) is 4.74 Å². The highest BCUT2D eigenvalue weighted by molar-refractivity contribution is 14.1. The standard InChI is InChI=1S/C6H11IO3/c1-9-6(8)5-10-4-2-3-7/h2-5H2,1H3. The van der Waals surface area contributed by atoms with Crippen LogP contribution >= 0.6 is 22.6 Å². The summed E-state index contributed by atoms with van der Waals surface area (Å²) in [5.74, 6) is -0.312. The highest BCUT2D eigenvalue weighted by Crippen LogP contribution is 1.89. The van der Waals surface area contributed by atoms with Crippen LogP contribution in [0, 0.1) is 0 Å². The molecule has 0 N–H and O–H groups in total. The quantitative estimate of drug-likeness (QED) is 0.319. The summed E-state index contributed by atoms with van der Waals surface area (Å²) in [6.45, 7) is 0.713. The van der Waals surface area contributed by atoms with Crippen LogP contribution in [0.4, 0.5) is 0 Å². The maximum Gasteiger partial charge on any atom is 0.331 e. The molecule has 0 bridgehead atoms. The van der Waals surface area contributed by atoms with E-state index in [1.165, 1.54) is 7.11 Å². The molecule has 0 aliphatic rings. The highest BCUT2D eigenvalue weighted by Gasteiger charge is 1.97. The monoisotopic (exact) mass is 258 g/mol. The number of carbonyl (C=O) groups excluding carboxylic acids is 1. The van der Waals surface area contributed by atoms with Crippen molar-refractivity contribution in [2.45, 2.75) is 6.42 Å². The first-order valence-electron chi connectivity index (χ1n) is 3.01. The Balaban J connectivity index is 2.96. The zero-order chi connectivity index (χ0) is 7.82. The maximum absolute atomic E-state index is 10.4. The second-order valence-corrected chi connectivity index (χ2v) is 2.75. The predicted molar refractivity (Wildman–Crippen MR) is 46.3 cm³/mol. The first-order valence-corrected chi connectivity index (χ1v) is 4.54. The van der Waals surface area contributed by atoms with Gasteiger partial charge in [0.2, 0.25) is 0 Å². The molecule has 3 nitrogen and oxygen atoms in total. The molecule has 0 aromatic carbocycles. The average molecular weight is 258 g/mol. The van der Waals surface area contributed by atoms with Crippen molar-refractivity contribution < 1.29 is 14.3 Å². The summed E-state index contributed by atoms with van der Waals surface area (Å²) in [7, 11) is 1.35. The molecule has 0 radical (unpaired) electrons. The number of alkyl halides is 1. The fraction of sp³-hybridized carbons (Fsp3) is 0.833. The summed E-state index contributed by atoms with van der Waals surface area (Å²) in [5, 5.41) is 0. The molecule has 0 spiro atoms. The number of rotatable bonds is 5. The van der Waals surface area contributed by atoms with E-state index in [-0.39, 0.29) is 12.6 Å². The van der Waals surface area contributed by atoms with Gasteiger partial charge in [0.1, 0.15) is 6.61 Å². The van der Waals surface area contributed by atoms with Crippen molar-refractivity contribution in [3.63, 3.8) is 0 Å². The van der Waals surface area contributed by atoms with Crippen LogP contribution in [0.5, 0.6) is 0 Å². The molecule has 0 saturated heterocycles. The van der Waals surface area contributed by atoms with Crippen molar-refractivity contribution in [1.29, 1.82) is 0 Å². The largest absolute Gasteiger partial charge is 0.467 e. The fourth-order valence-corrected chi connectivity index (χ4v) is 0.682. The summed E-state index contributed by atoms with van der Waals surface area (Å²) < 4.78 is 10.4. The Hall–Kier alpha value is 0.160. The Morgan fingerprint density at radius 2 is 2.30 bits per heavy atom. The van der Waals surface area contributed by atoms with Crippen LogP contribution in [-0.4, -0.2) is 30.7 Å². The van der Waals surface area contributed by atoms with Crippen molar-refractivity contribution in [1.82, 2.24) is 0 Å². The average Bonchev–Trinajstić information content (AvgIpc) is 1.98. The summed E-state index contributed by atoms with van der Waals surface area (Å²) in [6, 6.07) is 0. The lowest BCUT2D eigenvalue weighted by Gasteiger charge is -1.99. The third-order valence-corrected chi connectivity index (χ3v) is 1.63. The van der Waals surface area contributed by atoms with Gasteiger partial charge >= 0.3 is 5.97 Å². The summed E-state index contributed by atoms with van der Waals surface area (Å²) >= 11 is 2.26. The predicted octanol–water partition coefficient (Wildman–Crippen LogP) is 1.00. The van der Waals surface area contributed by atoms with Crippen molar-refractivity contribution >= 4 is 28.6 Å². The van der Waals surface area contributed by atoms with E-state index >= 15 is 0 Å². The molecule has 0 saturated carbocycles. The van der Waals surface area contributed by atoms with Crippen molar-refractivity contribution in [3.8, 4) is 0 Å². The molecule has 0 aliphatic heterocycles. The molecule has 0 rings (SSSR count). The molecular weight excluding hydrogens is 247 g/mol. The Morgan fingerprint density at radius 3 is 2.80 bits per heavy atom. The molecule has 0 fully saturated rings. The number of hydrogen-bond donors (Lipinski definition) is 0. The Bertz CT molecular complexity index is 95.0. The normalized spacial score (nSPS) is 9.40. The van der Waals surface area contributed by atoms with E-state index in [0.717, 1.165) is 10.8 Å². The minimum absolute atomic E-state index is 0.0765. The van der Waals surface area contributed by atoms with Crippen LogP contribution in [0.1, 0.15) is 6.42 Å². The molecule has 0 unspecified atom stereocenters. The summed E-state index contributed by atoms with van der Waals surface area (Å²) in [4.78, 5) is 10.4. The number of methoxy groups -OCH3 is 1. The molecule has 0 aromatic rings. The second kappa shape index (κ2) is 7.27. The van der Waals surface area contributed by atoms with Gasteiger partial charge in [0.15, 0.2) is 0 Å². The van der Waals surface area contributed by atoms with Crippen LogP contribution in [0.2, 0.25) is 0 Å². The van der Waals surface area contributed by atoms with E-state index in [0.29, 0.717) is 6.61 Å². The van der Waals surface area contributed by atoms with Gasteiger partial charge in [-0.2, -0.15) is 0 Å². The van der Waals surface area contributed by atoms with Crippen LogP contribution in [-0.2, 0) is 14.3 Å². The SMILES string of the molecule is COC(=O)COCCCI. The Morgan fingerprint density at radius 1 is 1.60 bits per heavy atom. The van der Waals surface area contributed by atoms with Gasteiger partial charge in [0, 0.05) is 11.0 Å². The van der Waals surface area contributed by atoms with Crippen LogP contribution < -0.4 is 0 Å². The van der Waals surface area contributed by atoms with E-state index < -0.39 is 0 Å². The maximum atomic E-state index is 10.4. The summed E-state index contributed by atoms with van der Waals surface area (Å²) in [6.07, 6.45) is 0.984. The third kappa shape index (κ3) is 6.28. The lowest BCUT2D eigenvalue weighted by Crippen LogP contribution is -2.10. The first kappa shape index (κ1) is 10.2. The van der Waals surface area contributed by atoms with Gasteiger partial charge in [-0.05, 0) is 6.42 Å². The molecule has 4 heteroatoms. The first-order chi connectivity index (χ1) is 4.81. The number of halogens is 1. The van der Waals surface area contributed by atoms with E-state index in [1.54, 1.807) is 0 Å². The van der Waals surface area contributed by atoms with Crippen molar-refractivity contribution in [2.24, 2.45) is 0 Å². The fourth-order valence-electron chi connectivity index (χ4n) is 0.371. The molecule has 0 atom stereocenters. The van der Waals surface area contributed by atoms with Gasteiger partial charge in [0.05, 0.1) is 7.11 Å². The molecule has 0 amide bonds. The van der Waals surface area contributed by atoms with Gasteiger partial charge in [-0.15, -0.1) is 0 Å². The molecular formula is C6H11IO3. The number of esters is 1. The van der Waals surface area contributed by atoms with Crippen LogP contribution in [0.3, 0.4) is 0 Å². The van der Waals surface area contributed by atoms with E-state index in [2.05, 4.69) is 27.3 Å². The zero-order valence-electron chi connectivity index (χ0n) is 5.93. The third-order valence-electron chi connectivity index (χ3n) is 0.870. The Kier molecular flexibility index (Phi) is 7.39. The van der Waals surface area contributed by atoms with Gasteiger partial charge in [-0.1, -0.05) is 22.6 Å². The van der Waals surface area contributed by atoms with Crippen molar-refractivity contribution in [3.05, 3.63) is 0 Å². The van der Waals surface area contributed by atoms with Crippen LogP contribution in [0.15, 0.2) is 0 Å². The lowest BCUT2D eigenvalue weighted by molar-refractivity contribution is -0.145. The lowest BCUT2D eigenvalue weighted by atomic mass is 10.5. The zero-order valence-corrected chi connectivity index (χ0v) is 8.09. The molecule has 0 heterocycles. The smallest absolute Gasteiger partial charge is 0.331 e. The minimum atomic E-state index is -0.312. The van der Waals surface area contributed by atoms with Gasteiger partial charge in [0.25, 0.3) is 0 Å². The Labute approximate surface area is 74.2 Å². The number of carbonyl (C=O) groups is 1. The molecule has 0 aromatic heterocycles. The van der Waals surface area contributed by atoms with Crippen molar-refractivity contribution in [2.75, 3.05) is 24.8 Å². The van der Waals surface area contributed by atoms with Gasteiger partial charge in [-0.3, -0.25) is 0 Å². The second-order valence-electron chi connectivity index (χ2n) is 1.67. The molecule has 10 heavy (non-hydrogen) atoms. The number of ether oxygens (including phenoxy) is 2. The van der Waals surface area contributed by atoms with E-state index in [9.17, 15) is 4.79 Å². The molecule has 60 valence electrons. The number of hydrogen-bond acceptors (Lipinski definition) is 3. The summed E-state index contributed by atoms with van der Waals surface area (Å²) in [5.41, 5.74) is 0. The topological polar surface area (TPSA) is 35.5 Å². The van der Waals surface area contributed by atoms with Gasteiger partial charge < -0.3 is 9.47 Å². The van der Waals surface area contributed by atoms with Gasteiger partial charge in [-0.25, -0.2) is 4.79 Å². The van der Waals surface area contributed by atoms with Crippen LogP contribution in [0.25, 0.3) is 0 Å². The van der Waals surface area contributed by atoms with E-state index in [1.807, 2.05) is 0 Å². The molecule has 0 aliphatic carbocycles.